The predicted molar refractivity (Wildman–Crippen MR) is 112 cm³/mol. The van der Waals surface area contributed by atoms with Crippen molar-refractivity contribution in [3.8, 4) is 34.6 Å². The van der Waals surface area contributed by atoms with E-state index in [2.05, 4.69) is 16.9 Å². The molecule has 1 aliphatic heterocycles. The molecule has 7 heteroatoms. The average molecular weight is 400 g/mol. The van der Waals surface area contributed by atoms with Gasteiger partial charge in [-0.15, -0.1) is 0 Å². The molecule has 0 saturated carbocycles. The molecule has 3 aromatic rings. The molecule has 2 N–H and O–H groups in total. The molecule has 1 aromatic heterocycles. The van der Waals surface area contributed by atoms with E-state index >= 15 is 0 Å². The van der Waals surface area contributed by atoms with Gasteiger partial charge in [0.1, 0.15) is 17.2 Å². The first-order valence-corrected chi connectivity index (χ1v) is 9.49. The molecule has 0 radical (unpaired) electrons. The Kier molecular flexibility index (Phi) is 5.22. The monoisotopic (exact) mass is 400 g/mol. The number of nitrogens with zero attached hydrogens (tertiary/aromatic N) is 3. The summed E-state index contributed by atoms with van der Waals surface area (Å²) in [6.45, 7) is 2.62. The van der Waals surface area contributed by atoms with Crippen molar-refractivity contribution in [1.82, 2.24) is 14.7 Å². The molecule has 1 aliphatic rings. The summed E-state index contributed by atoms with van der Waals surface area (Å²) < 4.78 is 7.51. The number of likely N-dealkylation sites (tertiary alicyclic amines) is 1. The fourth-order valence-electron chi connectivity index (χ4n) is 3.25. The molecule has 0 bridgehead atoms. The Labute approximate surface area is 174 Å². The molecule has 2 amide bonds. The second kappa shape index (κ2) is 8.13. The number of rotatable bonds is 5. The van der Waals surface area contributed by atoms with Crippen molar-refractivity contribution < 1.29 is 14.3 Å². The summed E-state index contributed by atoms with van der Waals surface area (Å²) in [7, 11) is 0. The molecule has 30 heavy (non-hydrogen) atoms. The minimum Gasteiger partial charge on any atom is -0.457 e. The highest BCUT2D eigenvalue weighted by Gasteiger charge is 2.33. The van der Waals surface area contributed by atoms with E-state index in [0.29, 0.717) is 30.1 Å². The Morgan fingerprint density at radius 1 is 1.07 bits per heavy atom. The Morgan fingerprint density at radius 3 is 2.37 bits per heavy atom. The molecule has 0 atom stereocenters. The number of hydrogen-bond acceptors (Lipinski definition) is 4. The van der Waals surface area contributed by atoms with E-state index in [4.69, 9.17) is 10.5 Å². The van der Waals surface area contributed by atoms with Crippen LogP contribution in [-0.4, -0.2) is 39.6 Å². The van der Waals surface area contributed by atoms with Crippen LogP contribution in [-0.2, 0) is 4.79 Å². The number of ether oxygens (including phenoxy) is 1. The van der Waals surface area contributed by atoms with E-state index < -0.39 is 5.91 Å². The first-order chi connectivity index (χ1) is 14.5. The first kappa shape index (κ1) is 19.3. The Morgan fingerprint density at radius 2 is 1.73 bits per heavy atom. The van der Waals surface area contributed by atoms with Crippen LogP contribution < -0.4 is 10.5 Å². The molecule has 1 saturated heterocycles. The van der Waals surface area contributed by atoms with Crippen molar-refractivity contribution in [2.24, 2.45) is 5.73 Å². The van der Waals surface area contributed by atoms with E-state index in [1.165, 1.54) is 0 Å². The fourth-order valence-corrected chi connectivity index (χ4v) is 3.25. The topological polar surface area (TPSA) is 90.5 Å². The largest absolute Gasteiger partial charge is 0.457 e. The van der Waals surface area contributed by atoms with Crippen molar-refractivity contribution in [3.05, 3.63) is 66.4 Å². The van der Waals surface area contributed by atoms with Crippen LogP contribution in [0.5, 0.6) is 11.5 Å². The molecule has 1 fully saturated rings. The highest BCUT2D eigenvalue weighted by atomic mass is 16.5. The third-order valence-electron chi connectivity index (χ3n) is 4.86. The van der Waals surface area contributed by atoms with Crippen LogP contribution in [0.4, 0.5) is 0 Å². The maximum Gasteiger partial charge on any atom is 0.298 e. The minimum absolute atomic E-state index is 0.0138. The maximum absolute atomic E-state index is 12.0. The number of benzene rings is 2. The lowest BCUT2D eigenvalue weighted by Crippen LogP contribution is -2.50. The molecule has 0 aliphatic carbocycles. The lowest BCUT2D eigenvalue weighted by molar-refractivity contribution is -0.130. The van der Waals surface area contributed by atoms with Gasteiger partial charge in [0.25, 0.3) is 11.8 Å². The minimum atomic E-state index is -0.551. The van der Waals surface area contributed by atoms with Crippen LogP contribution in [0.25, 0.3) is 11.3 Å². The van der Waals surface area contributed by atoms with Crippen LogP contribution in [0.2, 0.25) is 0 Å². The molecule has 4 rings (SSSR count). The third-order valence-corrected chi connectivity index (χ3v) is 4.86. The van der Waals surface area contributed by atoms with Gasteiger partial charge in [0, 0.05) is 24.8 Å². The van der Waals surface area contributed by atoms with Crippen molar-refractivity contribution >= 4 is 11.8 Å². The second-order valence-corrected chi connectivity index (χ2v) is 6.91. The Bertz CT molecular complexity index is 1130. The van der Waals surface area contributed by atoms with Gasteiger partial charge in [0.05, 0.1) is 11.6 Å². The van der Waals surface area contributed by atoms with Crippen molar-refractivity contribution in [2.75, 3.05) is 13.1 Å². The van der Waals surface area contributed by atoms with Crippen molar-refractivity contribution in [3.63, 3.8) is 0 Å². The van der Waals surface area contributed by atoms with Gasteiger partial charge >= 0.3 is 0 Å². The van der Waals surface area contributed by atoms with Gasteiger partial charge in [-0.2, -0.15) is 5.10 Å². The predicted octanol–water partition coefficient (Wildman–Crippen LogP) is 2.85. The van der Waals surface area contributed by atoms with Crippen LogP contribution in [0.15, 0.2) is 60.8 Å². The van der Waals surface area contributed by atoms with E-state index in [-0.39, 0.29) is 11.9 Å². The van der Waals surface area contributed by atoms with Gasteiger partial charge in [-0.1, -0.05) is 24.1 Å². The first-order valence-electron chi connectivity index (χ1n) is 9.49. The molecular formula is C23H20N4O3. The van der Waals surface area contributed by atoms with E-state index in [0.717, 1.165) is 11.3 Å². The third kappa shape index (κ3) is 3.89. The van der Waals surface area contributed by atoms with Gasteiger partial charge in [-0.05, 0) is 49.2 Å². The van der Waals surface area contributed by atoms with Crippen LogP contribution >= 0.6 is 0 Å². The zero-order valence-corrected chi connectivity index (χ0v) is 16.4. The van der Waals surface area contributed by atoms with Gasteiger partial charge in [0.2, 0.25) is 0 Å². The van der Waals surface area contributed by atoms with Gasteiger partial charge < -0.3 is 15.4 Å². The highest BCUT2D eigenvalue weighted by molar-refractivity contribution is 5.98. The number of para-hydroxylation sites is 1. The number of carbonyl (C=O) groups excluding carboxylic acids is 2. The molecule has 150 valence electrons. The number of primary amides is 1. The fraction of sp³-hybridized carbons (Fsp3) is 0.174. The number of hydrogen-bond donors (Lipinski definition) is 1. The number of amides is 2. The quantitative estimate of drug-likeness (QED) is 0.667. The summed E-state index contributed by atoms with van der Waals surface area (Å²) in [6.07, 6.45) is 1.64. The Balaban J connectivity index is 1.53. The lowest BCUT2D eigenvalue weighted by atomic mass is 10.1. The lowest BCUT2D eigenvalue weighted by Gasteiger charge is -2.37. The average Bonchev–Trinajstić information content (AvgIpc) is 3.14. The Hall–Kier alpha value is -4.05. The van der Waals surface area contributed by atoms with Gasteiger partial charge in [0.15, 0.2) is 0 Å². The summed E-state index contributed by atoms with van der Waals surface area (Å²) in [5.41, 5.74) is 7.17. The molecule has 2 heterocycles. The van der Waals surface area contributed by atoms with Crippen molar-refractivity contribution in [1.29, 1.82) is 0 Å². The summed E-state index contributed by atoms with van der Waals surface area (Å²) in [4.78, 5) is 25.4. The summed E-state index contributed by atoms with van der Waals surface area (Å²) in [5.74, 6) is 5.79. The molecule has 0 unspecified atom stereocenters. The standard InChI is InChI=1S/C23H20N4O3/c1-2-6-21(28)26-13-17(14-26)27-15-20(23(24)29)22(25-27)16-9-11-19(12-10-16)30-18-7-4-3-5-8-18/h3-5,7-12,15,17H,13-14H2,1H3,(H2,24,29). The summed E-state index contributed by atoms with van der Waals surface area (Å²) in [6, 6.07) is 16.8. The van der Waals surface area contributed by atoms with E-state index in [1.807, 2.05) is 54.6 Å². The summed E-state index contributed by atoms with van der Waals surface area (Å²) >= 11 is 0. The normalized spacial score (nSPS) is 13.2. The van der Waals surface area contributed by atoms with Crippen LogP contribution in [0.3, 0.4) is 0 Å². The molecule has 7 nitrogen and oxygen atoms in total. The number of carbonyl (C=O) groups is 2. The number of nitrogens with two attached hydrogens (primary N) is 1. The van der Waals surface area contributed by atoms with Gasteiger partial charge in [-0.25, -0.2) is 0 Å². The maximum atomic E-state index is 12.0. The highest BCUT2D eigenvalue weighted by Crippen LogP contribution is 2.29. The molecule has 0 spiro atoms. The van der Waals surface area contributed by atoms with E-state index in [9.17, 15) is 9.59 Å². The molecule has 2 aromatic carbocycles. The van der Waals surface area contributed by atoms with Crippen LogP contribution in [0, 0.1) is 11.8 Å². The smallest absolute Gasteiger partial charge is 0.298 e. The number of aromatic nitrogens is 2. The zero-order chi connectivity index (χ0) is 21.1. The second-order valence-electron chi connectivity index (χ2n) is 6.91. The van der Waals surface area contributed by atoms with Gasteiger partial charge in [-0.3, -0.25) is 14.3 Å². The molecular weight excluding hydrogens is 380 g/mol. The van der Waals surface area contributed by atoms with Crippen LogP contribution in [0.1, 0.15) is 23.3 Å². The van der Waals surface area contributed by atoms with E-state index in [1.54, 1.807) is 22.7 Å². The zero-order valence-electron chi connectivity index (χ0n) is 16.4. The SMILES string of the molecule is CC#CC(=O)N1CC(n2cc(C(N)=O)c(-c3ccc(Oc4ccccc4)cc3)n2)C1. The van der Waals surface area contributed by atoms with Crippen molar-refractivity contribution in [2.45, 2.75) is 13.0 Å². The summed E-state index contributed by atoms with van der Waals surface area (Å²) in [5, 5.41) is 4.58.